The third-order valence-corrected chi connectivity index (χ3v) is 2.64. The third-order valence-electron chi connectivity index (χ3n) is 2.64. The Kier molecular flexibility index (Phi) is 4.07. The second-order valence-corrected chi connectivity index (χ2v) is 3.85. The zero-order chi connectivity index (χ0) is 12.8. The average molecular weight is 243 g/mol. The predicted octanol–water partition coefficient (Wildman–Crippen LogP) is 3.30. The van der Waals surface area contributed by atoms with Gasteiger partial charge in [-0.1, -0.05) is 36.4 Å². The van der Waals surface area contributed by atoms with Crippen LogP contribution in [0.5, 0.6) is 0 Å². The fourth-order valence-corrected chi connectivity index (χ4v) is 1.78. The lowest BCUT2D eigenvalue weighted by Crippen LogP contribution is -2.32. The van der Waals surface area contributed by atoms with Crippen LogP contribution >= 0.6 is 0 Å². The molecule has 1 amide bonds. The van der Waals surface area contributed by atoms with Crippen LogP contribution in [0.3, 0.4) is 0 Å². The van der Waals surface area contributed by atoms with E-state index in [-0.39, 0.29) is 12.5 Å². The van der Waals surface area contributed by atoms with Gasteiger partial charge in [0.25, 0.3) is 5.91 Å². The molecule has 18 heavy (non-hydrogen) atoms. The molecule has 0 spiro atoms. The van der Waals surface area contributed by atoms with E-state index in [2.05, 4.69) is 0 Å². The van der Waals surface area contributed by atoms with Gasteiger partial charge in [-0.3, -0.25) is 4.79 Å². The van der Waals surface area contributed by atoms with Crippen LogP contribution in [-0.4, -0.2) is 19.1 Å². The number of nitrogens with zero attached hydrogens (tertiary/aromatic N) is 1. The second-order valence-electron chi connectivity index (χ2n) is 3.85. The largest absolute Gasteiger partial charge is 0.306 e. The number of hydrogen-bond donors (Lipinski definition) is 0. The molecule has 0 N–H and O–H groups in total. The highest BCUT2D eigenvalue weighted by molar-refractivity contribution is 6.06. The van der Waals surface area contributed by atoms with E-state index in [4.69, 9.17) is 0 Å². The second kappa shape index (κ2) is 5.96. The number of alkyl halides is 1. The van der Waals surface area contributed by atoms with Gasteiger partial charge in [0.15, 0.2) is 0 Å². The molecule has 0 heterocycles. The Labute approximate surface area is 106 Å². The highest BCUT2D eigenvalue weighted by Gasteiger charge is 2.16. The predicted molar refractivity (Wildman–Crippen MR) is 70.5 cm³/mol. The summed E-state index contributed by atoms with van der Waals surface area (Å²) in [5.74, 6) is -0.181. The molecule has 0 aliphatic heterocycles. The number of benzene rings is 2. The van der Waals surface area contributed by atoms with Gasteiger partial charge >= 0.3 is 0 Å². The average Bonchev–Trinajstić information content (AvgIpc) is 2.46. The number of halogens is 1. The van der Waals surface area contributed by atoms with Gasteiger partial charge in [0.05, 0.1) is 6.54 Å². The quantitative estimate of drug-likeness (QED) is 0.806. The Morgan fingerprint density at radius 2 is 1.50 bits per heavy atom. The fraction of sp³-hybridized carbons (Fsp3) is 0.133. The molecule has 92 valence electrons. The minimum Gasteiger partial charge on any atom is -0.306 e. The zero-order valence-corrected chi connectivity index (χ0v) is 9.92. The molecule has 0 radical (unpaired) electrons. The maximum atomic E-state index is 12.6. The molecule has 2 aromatic rings. The van der Waals surface area contributed by atoms with Crippen molar-refractivity contribution in [2.45, 2.75) is 0 Å². The van der Waals surface area contributed by atoms with Crippen molar-refractivity contribution in [3.8, 4) is 0 Å². The van der Waals surface area contributed by atoms with Crippen LogP contribution in [0.25, 0.3) is 0 Å². The van der Waals surface area contributed by atoms with Crippen LogP contribution in [0, 0.1) is 0 Å². The number of carbonyl (C=O) groups is 1. The smallest absolute Gasteiger partial charge is 0.258 e. The standard InChI is InChI=1S/C15H14FNO/c16-11-12-17(14-9-5-2-6-10-14)15(18)13-7-3-1-4-8-13/h1-10H,11-12H2. The molecule has 3 heteroatoms. The van der Waals surface area contributed by atoms with Crippen LogP contribution in [0.1, 0.15) is 10.4 Å². The Bertz CT molecular complexity index is 498. The minimum absolute atomic E-state index is 0.0672. The number of hydrogen-bond acceptors (Lipinski definition) is 1. The summed E-state index contributed by atoms with van der Waals surface area (Å²) in [6.07, 6.45) is 0. The molecule has 0 unspecified atom stereocenters. The first-order valence-corrected chi connectivity index (χ1v) is 5.81. The van der Waals surface area contributed by atoms with E-state index in [0.717, 1.165) is 0 Å². The molecule has 0 atom stereocenters. The summed E-state index contributed by atoms with van der Waals surface area (Å²) in [7, 11) is 0. The molecule has 2 rings (SSSR count). The van der Waals surface area contributed by atoms with Gasteiger partial charge in [-0.05, 0) is 24.3 Å². The van der Waals surface area contributed by atoms with Crippen LogP contribution in [0.4, 0.5) is 10.1 Å². The first kappa shape index (κ1) is 12.3. The molecule has 2 aromatic carbocycles. The van der Waals surface area contributed by atoms with E-state index in [1.54, 1.807) is 36.4 Å². The van der Waals surface area contributed by atoms with Crippen molar-refractivity contribution in [3.05, 3.63) is 66.2 Å². The summed E-state index contributed by atoms with van der Waals surface area (Å²) < 4.78 is 12.6. The fourth-order valence-electron chi connectivity index (χ4n) is 1.78. The molecule has 0 bridgehead atoms. The van der Waals surface area contributed by atoms with Crippen molar-refractivity contribution in [3.63, 3.8) is 0 Å². The Hall–Kier alpha value is -2.16. The first-order chi connectivity index (χ1) is 8.83. The monoisotopic (exact) mass is 243 g/mol. The number of rotatable bonds is 4. The number of anilines is 1. The van der Waals surface area contributed by atoms with E-state index >= 15 is 0 Å². The highest BCUT2D eigenvalue weighted by atomic mass is 19.1. The zero-order valence-electron chi connectivity index (χ0n) is 9.92. The van der Waals surface area contributed by atoms with Crippen molar-refractivity contribution in [1.29, 1.82) is 0 Å². The van der Waals surface area contributed by atoms with Gasteiger partial charge < -0.3 is 4.90 Å². The lowest BCUT2D eigenvalue weighted by atomic mass is 10.2. The molecule has 0 aliphatic rings. The maximum absolute atomic E-state index is 12.6. The number of para-hydroxylation sites is 1. The van der Waals surface area contributed by atoms with Crippen LogP contribution in [-0.2, 0) is 0 Å². The summed E-state index contributed by atoms with van der Waals surface area (Å²) >= 11 is 0. The van der Waals surface area contributed by atoms with E-state index in [1.807, 2.05) is 24.3 Å². The van der Waals surface area contributed by atoms with Gasteiger partial charge in [-0.2, -0.15) is 0 Å². The van der Waals surface area contributed by atoms with E-state index < -0.39 is 6.67 Å². The van der Waals surface area contributed by atoms with Gasteiger partial charge in [-0.15, -0.1) is 0 Å². The lowest BCUT2D eigenvalue weighted by molar-refractivity contribution is 0.0985. The maximum Gasteiger partial charge on any atom is 0.258 e. The Balaban J connectivity index is 2.29. The molecular weight excluding hydrogens is 229 g/mol. The molecule has 2 nitrogen and oxygen atoms in total. The lowest BCUT2D eigenvalue weighted by Gasteiger charge is -2.21. The van der Waals surface area contributed by atoms with Crippen LogP contribution in [0.2, 0.25) is 0 Å². The van der Waals surface area contributed by atoms with Crippen molar-refractivity contribution < 1.29 is 9.18 Å². The van der Waals surface area contributed by atoms with Crippen LogP contribution < -0.4 is 4.90 Å². The van der Waals surface area contributed by atoms with Crippen molar-refractivity contribution >= 4 is 11.6 Å². The summed E-state index contributed by atoms with van der Waals surface area (Å²) in [5.41, 5.74) is 1.28. The Morgan fingerprint density at radius 1 is 0.944 bits per heavy atom. The molecule has 0 saturated heterocycles. The van der Waals surface area contributed by atoms with Gasteiger partial charge in [0.2, 0.25) is 0 Å². The summed E-state index contributed by atoms with van der Waals surface area (Å²) in [6.45, 7) is -0.495. The summed E-state index contributed by atoms with van der Waals surface area (Å²) in [5, 5.41) is 0. The van der Waals surface area contributed by atoms with Crippen molar-refractivity contribution in [2.24, 2.45) is 0 Å². The van der Waals surface area contributed by atoms with Gasteiger partial charge in [-0.25, -0.2) is 4.39 Å². The van der Waals surface area contributed by atoms with Gasteiger partial charge in [0, 0.05) is 11.3 Å². The van der Waals surface area contributed by atoms with Crippen molar-refractivity contribution in [1.82, 2.24) is 0 Å². The summed E-state index contributed by atoms with van der Waals surface area (Å²) in [6, 6.07) is 18.0. The SMILES string of the molecule is O=C(c1ccccc1)N(CCF)c1ccccc1. The number of amides is 1. The van der Waals surface area contributed by atoms with Gasteiger partial charge in [0.1, 0.15) is 6.67 Å². The van der Waals surface area contributed by atoms with Crippen molar-refractivity contribution in [2.75, 3.05) is 18.1 Å². The summed E-state index contributed by atoms with van der Waals surface area (Å²) in [4.78, 5) is 13.7. The minimum atomic E-state index is -0.562. The third kappa shape index (κ3) is 2.74. The highest BCUT2D eigenvalue weighted by Crippen LogP contribution is 2.16. The molecule has 0 aromatic heterocycles. The molecular formula is C15H14FNO. The van der Waals surface area contributed by atoms with E-state index in [0.29, 0.717) is 11.3 Å². The first-order valence-electron chi connectivity index (χ1n) is 5.81. The number of carbonyl (C=O) groups excluding carboxylic acids is 1. The van der Waals surface area contributed by atoms with E-state index in [9.17, 15) is 9.18 Å². The molecule has 0 aliphatic carbocycles. The molecule has 0 saturated carbocycles. The molecule has 0 fully saturated rings. The van der Waals surface area contributed by atoms with Crippen LogP contribution in [0.15, 0.2) is 60.7 Å². The van der Waals surface area contributed by atoms with E-state index in [1.165, 1.54) is 4.90 Å². The normalized spacial score (nSPS) is 10.1. The Morgan fingerprint density at radius 3 is 2.06 bits per heavy atom. The topological polar surface area (TPSA) is 20.3 Å².